The molecular formula is C22H26N4O4S2. The summed E-state index contributed by atoms with van der Waals surface area (Å²) >= 11 is 1.21. The maximum atomic E-state index is 13.2. The summed E-state index contributed by atoms with van der Waals surface area (Å²) in [5, 5.41) is 9.59. The molecule has 1 aliphatic carbocycles. The van der Waals surface area contributed by atoms with Crippen LogP contribution in [-0.4, -0.2) is 63.7 Å². The number of aromatic nitrogens is 3. The third-order valence-corrected chi connectivity index (χ3v) is 8.96. The van der Waals surface area contributed by atoms with E-state index in [0.29, 0.717) is 17.5 Å². The Morgan fingerprint density at radius 3 is 2.72 bits per heavy atom. The lowest BCUT2D eigenvalue weighted by molar-refractivity contribution is -0.133. The van der Waals surface area contributed by atoms with Crippen LogP contribution in [0.1, 0.15) is 38.5 Å². The minimum Gasteiger partial charge on any atom is -0.411 e. The summed E-state index contributed by atoms with van der Waals surface area (Å²) in [5.74, 6) is 0.756. The van der Waals surface area contributed by atoms with Crippen LogP contribution in [-0.2, 0) is 14.6 Å². The number of hydrogen-bond acceptors (Lipinski definition) is 7. The van der Waals surface area contributed by atoms with Crippen molar-refractivity contribution >= 4 is 38.4 Å². The molecule has 1 atom stereocenters. The van der Waals surface area contributed by atoms with E-state index in [2.05, 4.69) is 15.2 Å². The fourth-order valence-electron chi connectivity index (χ4n) is 4.88. The molecule has 1 N–H and O–H groups in total. The largest absolute Gasteiger partial charge is 0.411 e. The number of nitrogens with one attached hydrogen (secondary N) is 1. The van der Waals surface area contributed by atoms with Gasteiger partial charge in [0.15, 0.2) is 9.84 Å². The van der Waals surface area contributed by atoms with Gasteiger partial charge in [-0.1, -0.05) is 49.2 Å². The summed E-state index contributed by atoms with van der Waals surface area (Å²) in [6, 6.07) is 7.77. The molecule has 5 rings (SSSR count). The van der Waals surface area contributed by atoms with E-state index >= 15 is 0 Å². The van der Waals surface area contributed by atoms with Crippen molar-refractivity contribution in [2.24, 2.45) is 0 Å². The molecule has 1 aromatic carbocycles. The summed E-state index contributed by atoms with van der Waals surface area (Å²) in [6.07, 6.45) is 7.59. The second-order valence-electron chi connectivity index (χ2n) is 8.56. The summed E-state index contributed by atoms with van der Waals surface area (Å²) in [6.45, 7) is 0. The molecule has 32 heavy (non-hydrogen) atoms. The summed E-state index contributed by atoms with van der Waals surface area (Å²) in [4.78, 5) is 18.3. The van der Waals surface area contributed by atoms with Crippen molar-refractivity contribution in [3.05, 3.63) is 30.5 Å². The zero-order valence-electron chi connectivity index (χ0n) is 17.7. The Morgan fingerprint density at radius 1 is 1.12 bits per heavy atom. The Morgan fingerprint density at radius 2 is 1.94 bits per heavy atom. The first-order valence-corrected chi connectivity index (χ1v) is 13.9. The molecule has 2 aromatic heterocycles. The molecule has 1 aliphatic heterocycles. The molecule has 0 spiro atoms. The number of rotatable bonds is 6. The molecular weight excluding hydrogens is 448 g/mol. The average molecular weight is 475 g/mol. The molecule has 3 heterocycles. The highest BCUT2D eigenvalue weighted by molar-refractivity contribution is 7.99. The van der Waals surface area contributed by atoms with Gasteiger partial charge in [-0.05, 0) is 25.3 Å². The Balaban J connectivity index is 1.29. The number of carbonyl (C=O) groups excluding carboxylic acids is 1. The van der Waals surface area contributed by atoms with Crippen LogP contribution in [0.15, 0.2) is 40.1 Å². The number of aromatic amines is 1. The van der Waals surface area contributed by atoms with Crippen molar-refractivity contribution in [2.75, 3.05) is 17.3 Å². The van der Waals surface area contributed by atoms with E-state index in [1.807, 2.05) is 35.4 Å². The van der Waals surface area contributed by atoms with Gasteiger partial charge in [0.05, 0.1) is 22.8 Å². The van der Waals surface area contributed by atoms with Gasteiger partial charge in [0.25, 0.3) is 11.1 Å². The molecule has 0 unspecified atom stereocenters. The Kier molecular flexibility index (Phi) is 5.98. The zero-order chi connectivity index (χ0) is 22.1. The highest BCUT2D eigenvalue weighted by atomic mass is 32.2. The SMILES string of the molecule is O=C(CSc1nnc(-c2c[nH]c3ccccc23)o1)N(C1CCCCC1)[C@H]1CCS(=O)(=O)C1. The third-order valence-electron chi connectivity index (χ3n) is 6.40. The van der Waals surface area contributed by atoms with Gasteiger partial charge in [-0.3, -0.25) is 4.79 Å². The van der Waals surface area contributed by atoms with Crippen LogP contribution in [0.5, 0.6) is 0 Å². The number of fused-ring (bicyclic) bond motifs is 1. The van der Waals surface area contributed by atoms with E-state index in [4.69, 9.17) is 4.42 Å². The molecule has 0 bridgehead atoms. The summed E-state index contributed by atoms with van der Waals surface area (Å²) in [7, 11) is -3.06. The maximum absolute atomic E-state index is 13.2. The lowest BCUT2D eigenvalue weighted by atomic mass is 9.93. The molecule has 8 nitrogen and oxygen atoms in total. The van der Waals surface area contributed by atoms with E-state index in [1.165, 1.54) is 18.2 Å². The van der Waals surface area contributed by atoms with Gasteiger partial charge in [-0.15, -0.1) is 10.2 Å². The van der Waals surface area contributed by atoms with Gasteiger partial charge in [-0.25, -0.2) is 8.42 Å². The quantitative estimate of drug-likeness (QED) is 0.543. The van der Waals surface area contributed by atoms with Crippen molar-refractivity contribution in [3.63, 3.8) is 0 Å². The molecule has 3 aromatic rings. The van der Waals surface area contributed by atoms with Gasteiger partial charge in [-0.2, -0.15) is 0 Å². The number of thioether (sulfide) groups is 1. The molecule has 2 fully saturated rings. The van der Waals surface area contributed by atoms with Crippen LogP contribution in [0.4, 0.5) is 0 Å². The molecule has 0 radical (unpaired) electrons. The first-order chi connectivity index (χ1) is 15.5. The number of benzene rings is 1. The minimum absolute atomic E-state index is 0.0455. The normalized spacial score (nSPS) is 21.2. The van der Waals surface area contributed by atoms with Crippen molar-refractivity contribution in [3.8, 4) is 11.5 Å². The van der Waals surface area contributed by atoms with Crippen LogP contribution in [0, 0.1) is 0 Å². The van der Waals surface area contributed by atoms with Gasteiger partial charge >= 0.3 is 0 Å². The highest BCUT2D eigenvalue weighted by Crippen LogP contribution is 2.32. The van der Waals surface area contributed by atoms with E-state index in [0.717, 1.165) is 42.1 Å². The van der Waals surface area contributed by atoms with Crippen LogP contribution in [0.3, 0.4) is 0 Å². The first kappa shape index (κ1) is 21.5. The maximum Gasteiger partial charge on any atom is 0.277 e. The predicted molar refractivity (Wildman–Crippen MR) is 123 cm³/mol. The summed E-state index contributed by atoms with van der Waals surface area (Å²) in [5.41, 5.74) is 1.81. The fraction of sp³-hybridized carbons (Fsp3) is 0.500. The molecule has 1 saturated heterocycles. The lowest BCUT2D eigenvalue weighted by Crippen LogP contribution is -2.49. The number of nitrogens with zero attached hydrogens (tertiary/aromatic N) is 3. The number of hydrogen-bond donors (Lipinski definition) is 1. The lowest BCUT2D eigenvalue weighted by Gasteiger charge is -2.38. The molecule has 10 heteroatoms. The first-order valence-electron chi connectivity index (χ1n) is 11.0. The van der Waals surface area contributed by atoms with Crippen LogP contribution < -0.4 is 0 Å². The second kappa shape index (κ2) is 8.90. The number of carbonyl (C=O) groups is 1. The van der Waals surface area contributed by atoms with E-state index in [-0.39, 0.29) is 35.2 Å². The second-order valence-corrected chi connectivity index (χ2v) is 11.7. The van der Waals surface area contributed by atoms with Crippen LogP contribution in [0.2, 0.25) is 0 Å². The highest BCUT2D eigenvalue weighted by Gasteiger charge is 2.38. The smallest absolute Gasteiger partial charge is 0.277 e. The molecule has 1 amide bonds. The Bertz CT molecular complexity index is 1210. The molecule has 1 saturated carbocycles. The van der Waals surface area contributed by atoms with E-state index in [9.17, 15) is 13.2 Å². The third kappa shape index (κ3) is 4.43. The standard InChI is InChI=1S/C22H26N4O4S2/c27-20(26(15-6-2-1-3-7-15)16-10-11-32(28,29)14-16)13-31-22-25-24-21(30-22)18-12-23-19-9-5-4-8-17(18)19/h4-5,8-9,12,15-16,23H,1-3,6-7,10-11,13-14H2/t16-/m0/s1. The Labute approximate surface area is 191 Å². The number of H-pyrrole nitrogens is 1. The number of sulfone groups is 1. The topological polar surface area (TPSA) is 109 Å². The number of amides is 1. The van der Waals surface area contributed by atoms with Gasteiger partial charge in [0.1, 0.15) is 0 Å². The van der Waals surface area contributed by atoms with Gasteiger partial charge in [0, 0.05) is 29.2 Å². The molecule has 2 aliphatic rings. The zero-order valence-corrected chi connectivity index (χ0v) is 19.3. The van der Waals surface area contributed by atoms with Gasteiger partial charge in [0.2, 0.25) is 5.91 Å². The molecule has 170 valence electrons. The van der Waals surface area contributed by atoms with Crippen molar-refractivity contribution in [1.29, 1.82) is 0 Å². The minimum atomic E-state index is -3.06. The number of para-hydroxylation sites is 1. The average Bonchev–Trinajstić information content (AvgIpc) is 3.51. The predicted octanol–water partition coefficient (Wildman–Crippen LogP) is 3.66. The van der Waals surface area contributed by atoms with Crippen molar-refractivity contribution in [1.82, 2.24) is 20.1 Å². The van der Waals surface area contributed by atoms with Crippen LogP contribution in [0.25, 0.3) is 22.4 Å². The van der Waals surface area contributed by atoms with Crippen molar-refractivity contribution in [2.45, 2.75) is 55.8 Å². The van der Waals surface area contributed by atoms with E-state index in [1.54, 1.807) is 0 Å². The summed E-state index contributed by atoms with van der Waals surface area (Å²) < 4.78 is 29.9. The van der Waals surface area contributed by atoms with Gasteiger partial charge < -0.3 is 14.3 Å². The Hall–Kier alpha value is -2.33. The monoisotopic (exact) mass is 474 g/mol. The van der Waals surface area contributed by atoms with Crippen LogP contribution >= 0.6 is 11.8 Å². The fourth-order valence-corrected chi connectivity index (χ4v) is 7.23. The van der Waals surface area contributed by atoms with E-state index < -0.39 is 9.84 Å². The van der Waals surface area contributed by atoms with Crippen molar-refractivity contribution < 1.29 is 17.6 Å².